The maximum atomic E-state index is 12.8. The zero-order valence-electron chi connectivity index (χ0n) is 13.6. The van der Waals surface area contributed by atoms with Crippen molar-refractivity contribution in [3.8, 4) is 17.1 Å². The number of hydrogen-bond acceptors (Lipinski definition) is 6. The number of ether oxygens (including phenoxy) is 1. The average molecular weight is 336 g/mol. The highest BCUT2D eigenvalue weighted by molar-refractivity contribution is 5.97. The first-order chi connectivity index (χ1) is 12.3. The Bertz CT molecular complexity index is 894. The molecule has 3 heterocycles. The van der Waals surface area contributed by atoms with Crippen LogP contribution >= 0.6 is 0 Å². The Labute approximate surface area is 144 Å². The normalized spacial score (nSPS) is 16.4. The van der Waals surface area contributed by atoms with Crippen LogP contribution in [-0.2, 0) is 0 Å². The number of nitrogens with zero attached hydrogens (tertiary/aromatic N) is 4. The van der Waals surface area contributed by atoms with Crippen LogP contribution in [0, 0.1) is 0 Å². The van der Waals surface area contributed by atoms with Crippen LogP contribution in [0.5, 0.6) is 5.75 Å². The minimum absolute atomic E-state index is 0.102. The summed E-state index contributed by atoms with van der Waals surface area (Å²) in [7, 11) is 1.55. The van der Waals surface area contributed by atoms with Gasteiger partial charge in [-0.1, -0.05) is 17.3 Å². The van der Waals surface area contributed by atoms with Crippen molar-refractivity contribution >= 4 is 5.91 Å². The van der Waals surface area contributed by atoms with Crippen molar-refractivity contribution in [2.75, 3.05) is 13.7 Å². The van der Waals surface area contributed by atoms with E-state index in [4.69, 9.17) is 9.26 Å². The molecular weight excluding hydrogens is 320 g/mol. The molecule has 1 aliphatic heterocycles. The molecule has 7 heteroatoms. The Morgan fingerprint density at radius 3 is 2.88 bits per heavy atom. The minimum atomic E-state index is -0.213. The minimum Gasteiger partial charge on any atom is -0.496 e. The molecule has 1 aliphatic rings. The molecular formula is C18H16N4O3. The second-order valence-corrected chi connectivity index (χ2v) is 5.70. The highest BCUT2D eigenvalue weighted by Gasteiger charge is 2.38. The Balaban J connectivity index is 1.57. The molecule has 25 heavy (non-hydrogen) atoms. The molecule has 0 N–H and O–H groups in total. The van der Waals surface area contributed by atoms with Crippen LogP contribution in [0.3, 0.4) is 0 Å². The van der Waals surface area contributed by atoms with Crippen molar-refractivity contribution < 1.29 is 14.1 Å². The summed E-state index contributed by atoms with van der Waals surface area (Å²) in [5.74, 6) is 1.36. The van der Waals surface area contributed by atoms with Gasteiger partial charge in [-0.15, -0.1) is 0 Å². The molecule has 1 atom stereocenters. The Hall–Kier alpha value is -3.22. The number of rotatable bonds is 4. The van der Waals surface area contributed by atoms with Crippen LogP contribution in [0.2, 0.25) is 0 Å². The van der Waals surface area contributed by atoms with E-state index in [0.29, 0.717) is 29.6 Å². The molecule has 0 radical (unpaired) electrons. The number of methoxy groups -OCH3 is 1. The van der Waals surface area contributed by atoms with E-state index in [1.807, 2.05) is 24.3 Å². The maximum absolute atomic E-state index is 12.8. The van der Waals surface area contributed by atoms with E-state index in [-0.39, 0.29) is 11.9 Å². The molecule has 4 rings (SSSR count). The number of carbonyl (C=O) groups excluding carboxylic acids is 1. The fraction of sp³-hybridized carbons (Fsp3) is 0.222. The van der Waals surface area contributed by atoms with Crippen LogP contribution in [0.15, 0.2) is 53.3 Å². The first-order valence-corrected chi connectivity index (χ1v) is 7.96. The van der Waals surface area contributed by atoms with Gasteiger partial charge in [0.15, 0.2) is 0 Å². The van der Waals surface area contributed by atoms with Gasteiger partial charge in [0.05, 0.1) is 12.7 Å². The van der Waals surface area contributed by atoms with E-state index in [1.54, 1.807) is 36.5 Å². The van der Waals surface area contributed by atoms with Gasteiger partial charge in [-0.05, 0) is 30.7 Å². The maximum Gasteiger partial charge on any atom is 0.258 e. The predicted molar refractivity (Wildman–Crippen MR) is 88.9 cm³/mol. The lowest BCUT2D eigenvalue weighted by molar-refractivity contribution is 0.0375. The molecule has 1 fully saturated rings. The lowest BCUT2D eigenvalue weighted by Crippen LogP contribution is -2.45. The molecule has 0 spiro atoms. The largest absolute Gasteiger partial charge is 0.496 e. The topological polar surface area (TPSA) is 81.4 Å². The summed E-state index contributed by atoms with van der Waals surface area (Å²) in [6.07, 6.45) is 4.15. The number of hydrogen-bond donors (Lipinski definition) is 0. The number of benzene rings is 1. The zero-order chi connectivity index (χ0) is 17.2. The van der Waals surface area contributed by atoms with Crippen LogP contribution in [-0.4, -0.2) is 39.6 Å². The molecule has 1 aromatic carbocycles. The van der Waals surface area contributed by atoms with E-state index in [9.17, 15) is 4.79 Å². The first-order valence-electron chi connectivity index (χ1n) is 7.96. The molecule has 0 saturated carbocycles. The summed E-state index contributed by atoms with van der Waals surface area (Å²) in [5.41, 5.74) is 1.31. The Kier molecular flexibility index (Phi) is 3.89. The summed E-state index contributed by atoms with van der Waals surface area (Å²) in [5, 5.41) is 4.00. The number of pyridine rings is 1. The van der Waals surface area contributed by atoms with Crippen molar-refractivity contribution in [1.29, 1.82) is 0 Å². The molecule has 1 amide bonds. The Morgan fingerprint density at radius 1 is 1.28 bits per heavy atom. The Morgan fingerprint density at radius 2 is 2.16 bits per heavy atom. The van der Waals surface area contributed by atoms with Gasteiger partial charge in [0, 0.05) is 24.5 Å². The molecule has 7 nitrogen and oxygen atoms in total. The van der Waals surface area contributed by atoms with E-state index in [1.165, 1.54) is 0 Å². The van der Waals surface area contributed by atoms with Crippen molar-refractivity contribution in [3.05, 3.63) is 60.2 Å². The quantitative estimate of drug-likeness (QED) is 0.729. The van der Waals surface area contributed by atoms with Gasteiger partial charge >= 0.3 is 0 Å². The van der Waals surface area contributed by atoms with Gasteiger partial charge in [0.1, 0.15) is 11.8 Å². The van der Waals surface area contributed by atoms with E-state index < -0.39 is 0 Å². The fourth-order valence-corrected chi connectivity index (χ4v) is 2.85. The summed E-state index contributed by atoms with van der Waals surface area (Å²) >= 11 is 0. The third-order valence-corrected chi connectivity index (χ3v) is 4.26. The average Bonchev–Trinajstić information content (AvgIpc) is 3.10. The third-order valence-electron chi connectivity index (χ3n) is 4.26. The van der Waals surface area contributed by atoms with Crippen molar-refractivity contribution in [3.63, 3.8) is 0 Å². The monoisotopic (exact) mass is 336 g/mol. The van der Waals surface area contributed by atoms with Crippen molar-refractivity contribution in [1.82, 2.24) is 20.0 Å². The second-order valence-electron chi connectivity index (χ2n) is 5.70. The van der Waals surface area contributed by atoms with Crippen LogP contribution in [0.1, 0.15) is 28.7 Å². The van der Waals surface area contributed by atoms with Crippen LogP contribution < -0.4 is 4.74 Å². The highest BCUT2D eigenvalue weighted by atomic mass is 16.5. The number of likely N-dealkylation sites (tertiary alicyclic amines) is 1. The molecule has 1 unspecified atom stereocenters. The molecule has 126 valence electrons. The number of amides is 1. The molecule has 0 aliphatic carbocycles. The fourth-order valence-electron chi connectivity index (χ4n) is 2.85. The first kappa shape index (κ1) is 15.3. The van der Waals surface area contributed by atoms with Gasteiger partial charge in [0.2, 0.25) is 11.7 Å². The van der Waals surface area contributed by atoms with Gasteiger partial charge in [0.25, 0.3) is 5.91 Å². The van der Waals surface area contributed by atoms with Crippen LogP contribution in [0.4, 0.5) is 0 Å². The summed E-state index contributed by atoms with van der Waals surface area (Å²) < 4.78 is 10.7. The summed E-state index contributed by atoms with van der Waals surface area (Å²) in [6, 6.07) is 10.6. The lowest BCUT2D eigenvalue weighted by Gasteiger charge is -2.38. The van der Waals surface area contributed by atoms with E-state index >= 15 is 0 Å². The number of para-hydroxylation sites is 1. The zero-order valence-corrected chi connectivity index (χ0v) is 13.6. The van der Waals surface area contributed by atoms with Crippen molar-refractivity contribution in [2.45, 2.75) is 12.5 Å². The molecule has 3 aromatic rings. The highest BCUT2D eigenvalue weighted by Crippen LogP contribution is 2.35. The van der Waals surface area contributed by atoms with Gasteiger partial charge in [-0.25, -0.2) is 0 Å². The lowest BCUT2D eigenvalue weighted by atomic mass is 10.0. The van der Waals surface area contributed by atoms with Gasteiger partial charge < -0.3 is 14.2 Å². The van der Waals surface area contributed by atoms with E-state index in [2.05, 4.69) is 15.1 Å². The molecule has 1 saturated heterocycles. The smallest absolute Gasteiger partial charge is 0.258 e. The van der Waals surface area contributed by atoms with Gasteiger partial charge in [-0.2, -0.15) is 4.98 Å². The van der Waals surface area contributed by atoms with Crippen LogP contribution in [0.25, 0.3) is 11.4 Å². The molecule has 0 bridgehead atoms. The summed E-state index contributed by atoms with van der Waals surface area (Å²) in [6.45, 7) is 0.645. The predicted octanol–water partition coefficient (Wildman–Crippen LogP) is 2.73. The SMILES string of the molecule is COc1ccccc1C(=O)N1CCC1c1nc(-c2cccnc2)no1. The second kappa shape index (κ2) is 6.35. The van der Waals surface area contributed by atoms with Gasteiger partial charge in [-0.3, -0.25) is 9.78 Å². The van der Waals surface area contributed by atoms with E-state index in [0.717, 1.165) is 12.0 Å². The molecule has 2 aromatic heterocycles. The third kappa shape index (κ3) is 2.73. The summed E-state index contributed by atoms with van der Waals surface area (Å²) in [4.78, 5) is 23.0. The number of carbonyl (C=O) groups is 1. The standard InChI is InChI=1S/C18H16N4O3/c1-24-15-7-3-2-6-13(15)18(23)22-10-8-14(22)17-20-16(21-25-17)12-5-4-9-19-11-12/h2-7,9,11,14H,8,10H2,1H3. The number of aromatic nitrogens is 3. The van der Waals surface area contributed by atoms with Crippen molar-refractivity contribution in [2.24, 2.45) is 0 Å².